The fraction of sp³-hybridized carbons (Fsp3) is 0.526. The van der Waals surface area contributed by atoms with Crippen molar-refractivity contribution in [3.8, 4) is 0 Å². The number of piperazine rings is 1. The van der Waals surface area contributed by atoms with Gasteiger partial charge in [0.1, 0.15) is 6.10 Å². The minimum Gasteiger partial charge on any atom is -0.408 e. The topological polar surface area (TPSA) is 85.0 Å². The zero-order chi connectivity index (χ0) is 19.7. The van der Waals surface area contributed by atoms with E-state index in [1.165, 1.54) is 4.57 Å². The molecule has 1 unspecified atom stereocenters. The predicted octanol–water partition coefficient (Wildman–Crippen LogP) is 1.49. The van der Waals surface area contributed by atoms with Crippen molar-refractivity contribution in [1.29, 1.82) is 0 Å². The van der Waals surface area contributed by atoms with Crippen LogP contribution in [0.5, 0.6) is 0 Å². The largest absolute Gasteiger partial charge is 0.419 e. The zero-order valence-electron chi connectivity index (χ0n) is 15.4. The fourth-order valence-corrected chi connectivity index (χ4v) is 3.93. The Hall–Kier alpha value is -2.32. The first kappa shape index (κ1) is 19.0. The second-order valence-corrected chi connectivity index (χ2v) is 7.53. The Balaban J connectivity index is 1.32. The maximum Gasteiger partial charge on any atom is 0.419 e. The van der Waals surface area contributed by atoms with Crippen molar-refractivity contribution < 1.29 is 18.7 Å². The van der Waals surface area contributed by atoms with Crippen LogP contribution in [0.4, 0.5) is 0 Å². The summed E-state index contributed by atoms with van der Waals surface area (Å²) in [5.74, 6) is -0.517. The lowest BCUT2D eigenvalue weighted by Crippen LogP contribution is -2.52. The number of halogens is 1. The van der Waals surface area contributed by atoms with Gasteiger partial charge in [-0.25, -0.2) is 4.79 Å². The van der Waals surface area contributed by atoms with E-state index in [4.69, 9.17) is 20.8 Å². The third-order valence-corrected chi connectivity index (χ3v) is 5.56. The second-order valence-electron chi connectivity index (χ2n) is 7.09. The molecule has 2 saturated heterocycles. The normalized spacial score (nSPS) is 20.1. The summed E-state index contributed by atoms with van der Waals surface area (Å²) in [5, 5.41) is 0.486. The van der Waals surface area contributed by atoms with Crippen molar-refractivity contribution >= 4 is 34.5 Å². The number of hydrogen-bond donors (Lipinski definition) is 0. The zero-order valence-corrected chi connectivity index (χ0v) is 16.2. The summed E-state index contributed by atoms with van der Waals surface area (Å²) < 4.78 is 12.1. The number of fused-ring (bicyclic) bond motifs is 1. The Morgan fingerprint density at radius 3 is 2.61 bits per heavy atom. The fourth-order valence-electron chi connectivity index (χ4n) is 3.77. The van der Waals surface area contributed by atoms with E-state index in [1.807, 2.05) is 0 Å². The van der Waals surface area contributed by atoms with Crippen LogP contribution in [0.25, 0.3) is 11.1 Å². The van der Waals surface area contributed by atoms with E-state index < -0.39 is 5.76 Å². The number of aromatic nitrogens is 1. The maximum absolute atomic E-state index is 12.6. The Morgan fingerprint density at radius 1 is 1.14 bits per heavy atom. The molecule has 9 heteroatoms. The highest BCUT2D eigenvalue weighted by atomic mass is 35.5. The summed E-state index contributed by atoms with van der Waals surface area (Å²) in [7, 11) is 0. The van der Waals surface area contributed by atoms with Crippen LogP contribution in [0.1, 0.15) is 19.3 Å². The summed E-state index contributed by atoms with van der Waals surface area (Å²) in [6.07, 6.45) is 1.56. The van der Waals surface area contributed by atoms with Gasteiger partial charge in [0.05, 0.1) is 5.52 Å². The highest BCUT2D eigenvalue weighted by Gasteiger charge is 2.31. The first-order valence-electron chi connectivity index (χ1n) is 9.50. The van der Waals surface area contributed by atoms with Gasteiger partial charge in [-0.15, -0.1) is 0 Å². The SMILES string of the molecule is O=C(CCn1c(=O)oc2cc(Cl)ccc21)N1CCN(C(=O)C2CCCO2)CC1. The highest BCUT2D eigenvalue weighted by molar-refractivity contribution is 6.31. The molecular weight excluding hydrogens is 386 g/mol. The molecule has 0 spiro atoms. The summed E-state index contributed by atoms with van der Waals surface area (Å²) >= 11 is 5.92. The van der Waals surface area contributed by atoms with Gasteiger partial charge in [0, 0.05) is 56.8 Å². The van der Waals surface area contributed by atoms with Crippen molar-refractivity contribution in [2.45, 2.75) is 31.9 Å². The predicted molar refractivity (Wildman–Crippen MR) is 102 cm³/mol. The van der Waals surface area contributed by atoms with Crippen molar-refractivity contribution in [1.82, 2.24) is 14.4 Å². The van der Waals surface area contributed by atoms with E-state index in [1.54, 1.807) is 28.0 Å². The number of oxazole rings is 1. The Labute approximate surface area is 166 Å². The maximum atomic E-state index is 12.6. The number of hydrogen-bond acceptors (Lipinski definition) is 5. The smallest absolute Gasteiger partial charge is 0.408 e. The number of ether oxygens (including phenoxy) is 1. The Kier molecular flexibility index (Phi) is 5.41. The monoisotopic (exact) mass is 407 g/mol. The molecule has 3 heterocycles. The van der Waals surface area contributed by atoms with Crippen LogP contribution >= 0.6 is 11.6 Å². The Bertz CT molecular complexity index is 939. The van der Waals surface area contributed by atoms with Crippen LogP contribution in [-0.4, -0.2) is 65.1 Å². The van der Waals surface area contributed by atoms with Crippen molar-refractivity contribution in [2.75, 3.05) is 32.8 Å². The van der Waals surface area contributed by atoms with Gasteiger partial charge in [-0.2, -0.15) is 0 Å². The molecule has 0 saturated carbocycles. The van der Waals surface area contributed by atoms with Crippen LogP contribution in [0.2, 0.25) is 5.02 Å². The minimum absolute atomic E-state index is 0.0275. The average molecular weight is 408 g/mol. The molecular formula is C19H22ClN3O5. The van der Waals surface area contributed by atoms with Crippen LogP contribution < -0.4 is 5.76 Å². The summed E-state index contributed by atoms with van der Waals surface area (Å²) in [6, 6.07) is 4.98. The Morgan fingerprint density at radius 2 is 1.89 bits per heavy atom. The second kappa shape index (κ2) is 7.97. The number of amides is 2. The van der Waals surface area contributed by atoms with E-state index in [0.29, 0.717) is 48.9 Å². The lowest BCUT2D eigenvalue weighted by molar-refractivity contribution is -0.146. The summed E-state index contributed by atoms with van der Waals surface area (Å²) in [6.45, 7) is 2.89. The summed E-state index contributed by atoms with van der Waals surface area (Å²) in [4.78, 5) is 40.5. The molecule has 4 rings (SSSR count). The van der Waals surface area contributed by atoms with Crippen molar-refractivity contribution in [3.63, 3.8) is 0 Å². The first-order chi connectivity index (χ1) is 13.5. The third kappa shape index (κ3) is 3.79. The van der Waals surface area contributed by atoms with Crippen LogP contribution in [0.3, 0.4) is 0 Å². The molecule has 28 heavy (non-hydrogen) atoms. The molecule has 1 atom stereocenters. The van der Waals surface area contributed by atoms with Gasteiger partial charge in [0.15, 0.2) is 5.58 Å². The molecule has 2 fully saturated rings. The van der Waals surface area contributed by atoms with Crippen LogP contribution in [0, 0.1) is 0 Å². The van der Waals surface area contributed by atoms with Gasteiger partial charge < -0.3 is 19.0 Å². The van der Waals surface area contributed by atoms with Gasteiger partial charge >= 0.3 is 5.76 Å². The molecule has 150 valence electrons. The minimum atomic E-state index is -0.503. The van der Waals surface area contributed by atoms with E-state index >= 15 is 0 Å². The number of carbonyl (C=O) groups excluding carboxylic acids is 2. The van der Waals surface area contributed by atoms with Gasteiger partial charge in [-0.3, -0.25) is 14.2 Å². The molecule has 2 aliphatic heterocycles. The van der Waals surface area contributed by atoms with Crippen LogP contribution in [-0.2, 0) is 20.9 Å². The molecule has 2 amide bonds. The molecule has 0 radical (unpaired) electrons. The number of aryl methyl sites for hydroxylation is 1. The quantitative estimate of drug-likeness (QED) is 0.766. The third-order valence-electron chi connectivity index (χ3n) is 5.33. The number of benzene rings is 1. The number of rotatable bonds is 4. The van der Waals surface area contributed by atoms with Crippen LogP contribution in [0.15, 0.2) is 27.4 Å². The summed E-state index contributed by atoms with van der Waals surface area (Å²) in [5.41, 5.74) is 1.03. The molecule has 2 aliphatic rings. The number of carbonyl (C=O) groups is 2. The van der Waals surface area contributed by atoms with E-state index in [9.17, 15) is 14.4 Å². The first-order valence-corrected chi connectivity index (χ1v) is 9.88. The molecule has 0 bridgehead atoms. The highest BCUT2D eigenvalue weighted by Crippen LogP contribution is 2.19. The average Bonchev–Trinajstić information content (AvgIpc) is 3.33. The molecule has 2 aromatic rings. The van der Waals surface area contributed by atoms with E-state index in [2.05, 4.69) is 0 Å². The van der Waals surface area contributed by atoms with Crippen molar-refractivity contribution in [2.24, 2.45) is 0 Å². The van der Waals surface area contributed by atoms with Gasteiger partial charge in [-0.1, -0.05) is 11.6 Å². The van der Waals surface area contributed by atoms with Crippen molar-refractivity contribution in [3.05, 3.63) is 33.8 Å². The van der Waals surface area contributed by atoms with E-state index in [0.717, 1.165) is 12.8 Å². The van der Waals surface area contributed by atoms with Gasteiger partial charge in [0.2, 0.25) is 5.91 Å². The standard InChI is InChI=1S/C19H22ClN3O5/c20-13-3-4-14-16(12-13)28-19(26)23(14)6-5-17(24)21-7-9-22(10-8-21)18(25)15-2-1-11-27-15/h3-4,12,15H,1-2,5-11H2. The lowest BCUT2D eigenvalue weighted by atomic mass is 10.2. The number of nitrogens with zero attached hydrogens (tertiary/aromatic N) is 3. The molecule has 0 N–H and O–H groups in total. The lowest BCUT2D eigenvalue weighted by Gasteiger charge is -2.35. The van der Waals surface area contributed by atoms with Gasteiger partial charge in [0.25, 0.3) is 5.91 Å². The molecule has 8 nitrogen and oxygen atoms in total. The molecule has 1 aromatic carbocycles. The molecule has 1 aromatic heterocycles. The van der Waals surface area contributed by atoms with Gasteiger partial charge in [-0.05, 0) is 25.0 Å². The molecule has 0 aliphatic carbocycles. The van der Waals surface area contributed by atoms with E-state index in [-0.39, 0.29) is 30.9 Å².